The monoisotopic (exact) mass is 323 g/mol. The standard InChI is InChI=1S/C20H21NO3/c1-12(2)14-5-7-15(8-6-14)19(22)21-18-11-16(13(3)4)9-10-17(18)20(23)24-21/h5-13H,1-4H3. The van der Waals surface area contributed by atoms with Crippen LogP contribution in [0, 0.1) is 0 Å². The molecule has 2 aromatic carbocycles. The largest absolute Gasteiger partial charge is 0.366 e. The molecule has 4 nitrogen and oxygen atoms in total. The maximum atomic E-state index is 12.8. The van der Waals surface area contributed by atoms with Crippen LogP contribution in [0.4, 0.5) is 0 Å². The number of nitrogens with zero attached hydrogens (tertiary/aromatic N) is 1. The van der Waals surface area contributed by atoms with Crippen molar-refractivity contribution in [3.05, 3.63) is 69.6 Å². The van der Waals surface area contributed by atoms with Gasteiger partial charge in [-0.05, 0) is 47.2 Å². The fourth-order valence-electron chi connectivity index (χ4n) is 2.71. The second-order valence-corrected chi connectivity index (χ2v) is 6.69. The van der Waals surface area contributed by atoms with Crippen molar-refractivity contribution in [3.63, 3.8) is 0 Å². The molecule has 4 heteroatoms. The van der Waals surface area contributed by atoms with E-state index in [4.69, 9.17) is 4.52 Å². The number of aromatic nitrogens is 1. The first-order valence-corrected chi connectivity index (χ1v) is 8.19. The highest BCUT2D eigenvalue weighted by Crippen LogP contribution is 2.21. The minimum absolute atomic E-state index is 0.299. The molecule has 24 heavy (non-hydrogen) atoms. The smallest absolute Gasteiger partial charge is 0.327 e. The molecule has 0 saturated carbocycles. The molecule has 0 N–H and O–H groups in total. The Balaban J connectivity index is 2.09. The van der Waals surface area contributed by atoms with Crippen molar-refractivity contribution in [2.24, 2.45) is 0 Å². The van der Waals surface area contributed by atoms with Crippen molar-refractivity contribution in [1.82, 2.24) is 4.74 Å². The van der Waals surface area contributed by atoms with Gasteiger partial charge in [0.05, 0.1) is 10.9 Å². The van der Waals surface area contributed by atoms with Gasteiger partial charge in [-0.3, -0.25) is 4.79 Å². The molecule has 0 aliphatic heterocycles. The SMILES string of the molecule is CC(C)c1ccc(C(=O)n2oc(=O)c3ccc(C(C)C)cc32)cc1. The van der Waals surface area contributed by atoms with Crippen molar-refractivity contribution in [2.45, 2.75) is 39.5 Å². The molecule has 1 aromatic heterocycles. The van der Waals surface area contributed by atoms with Crippen LogP contribution >= 0.6 is 0 Å². The molecule has 0 unspecified atom stereocenters. The van der Waals surface area contributed by atoms with Crippen LogP contribution in [0.25, 0.3) is 10.9 Å². The lowest BCUT2D eigenvalue weighted by Crippen LogP contribution is -2.11. The van der Waals surface area contributed by atoms with Crippen LogP contribution in [0.1, 0.15) is 61.0 Å². The number of carbonyl (C=O) groups is 1. The zero-order valence-electron chi connectivity index (χ0n) is 14.4. The number of benzene rings is 2. The van der Waals surface area contributed by atoms with Gasteiger partial charge in [0.15, 0.2) is 0 Å². The van der Waals surface area contributed by atoms with E-state index in [0.29, 0.717) is 28.3 Å². The quantitative estimate of drug-likeness (QED) is 0.711. The summed E-state index contributed by atoms with van der Waals surface area (Å²) in [5.41, 5.74) is 2.74. The van der Waals surface area contributed by atoms with Crippen molar-refractivity contribution < 1.29 is 9.32 Å². The minimum atomic E-state index is -0.493. The van der Waals surface area contributed by atoms with Crippen LogP contribution in [0.2, 0.25) is 0 Å². The van der Waals surface area contributed by atoms with Gasteiger partial charge >= 0.3 is 5.63 Å². The molecule has 3 rings (SSSR count). The highest BCUT2D eigenvalue weighted by Gasteiger charge is 2.18. The van der Waals surface area contributed by atoms with Gasteiger partial charge in [-0.15, -0.1) is 4.74 Å². The van der Waals surface area contributed by atoms with Crippen LogP contribution < -0.4 is 5.63 Å². The van der Waals surface area contributed by atoms with E-state index in [1.54, 1.807) is 18.2 Å². The van der Waals surface area contributed by atoms with E-state index in [-0.39, 0.29) is 5.91 Å². The van der Waals surface area contributed by atoms with Crippen molar-refractivity contribution >= 4 is 16.8 Å². The maximum absolute atomic E-state index is 12.8. The minimum Gasteiger partial charge on any atom is -0.327 e. The summed E-state index contributed by atoms with van der Waals surface area (Å²) in [6.45, 7) is 8.33. The number of hydrogen-bond acceptors (Lipinski definition) is 3. The summed E-state index contributed by atoms with van der Waals surface area (Å²) in [6, 6.07) is 12.9. The summed E-state index contributed by atoms with van der Waals surface area (Å²) in [5.74, 6) is 0.361. The van der Waals surface area contributed by atoms with E-state index in [2.05, 4.69) is 27.7 Å². The first-order chi connectivity index (χ1) is 11.4. The molecule has 124 valence electrons. The Morgan fingerprint density at radius 2 is 1.50 bits per heavy atom. The predicted octanol–water partition coefficient (Wildman–Crippen LogP) is 4.53. The Morgan fingerprint density at radius 3 is 2.08 bits per heavy atom. The average Bonchev–Trinajstić information content (AvgIpc) is 2.90. The average molecular weight is 323 g/mol. The fourth-order valence-corrected chi connectivity index (χ4v) is 2.71. The maximum Gasteiger partial charge on any atom is 0.366 e. The number of hydrogen-bond donors (Lipinski definition) is 0. The van der Waals surface area contributed by atoms with Gasteiger partial charge in [0.2, 0.25) is 0 Å². The number of carbonyl (C=O) groups excluding carboxylic acids is 1. The molecule has 0 aliphatic rings. The zero-order valence-corrected chi connectivity index (χ0v) is 14.4. The molecule has 0 fully saturated rings. The van der Waals surface area contributed by atoms with Gasteiger partial charge in [0.1, 0.15) is 0 Å². The van der Waals surface area contributed by atoms with Crippen LogP contribution in [0.15, 0.2) is 51.8 Å². The predicted molar refractivity (Wildman–Crippen MR) is 94.8 cm³/mol. The van der Waals surface area contributed by atoms with E-state index < -0.39 is 5.63 Å². The lowest BCUT2D eigenvalue weighted by molar-refractivity contribution is 0.0850. The Hall–Kier alpha value is -2.62. The Labute approximate surface area is 140 Å². The van der Waals surface area contributed by atoms with Gasteiger partial charge in [0, 0.05) is 5.56 Å². The third kappa shape index (κ3) is 2.80. The summed E-state index contributed by atoms with van der Waals surface area (Å²) in [5, 5.41) is 0.423. The summed E-state index contributed by atoms with van der Waals surface area (Å²) in [6.07, 6.45) is 0. The van der Waals surface area contributed by atoms with E-state index in [1.165, 1.54) is 0 Å². The molecule has 0 spiro atoms. The summed E-state index contributed by atoms with van der Waals surface area (Å²) in [7, 11) is 0. The lowest BCUT2D eigenvalue weighted by Gasteiger charge is -2.08. The van der Waals surface area contributed by atoms with Gasteiger partial charge < -0.3 is 4.52 Å². The van der Waals surface area contributed by atoms with Crippen LogP contribution in [0.3, 0.4) is 0 Å². The molecular weight excluding hydrogens is 302 g/mol. The molecule has 0 radical (unpaired) electrons. The summed E-state index contributed by atoms with van der Waals surface area (Å²) >= 11 is 0. The van der Waals surface area contributed by atoms with E-state index in [9.17, 15) is 9.59 Å². The van der Waals surface area contributed by atoms with Crippen molar-refractivity contribution in [1.29, 1.82) is 0 Å². The third-order valence-corrected chi connectivity index (χ3v) is 4.31. The van der Waals surface area contributed by atoms with Gasteiger partial charge in [-0.25, -0.2) is 4.79 Å². The van der Waals surface area contributed by atoms with Gasteiger partial charge in [-0.2, -0.15) is 0 Å². The number of rotatable bonds is 3. The highest BCUT2D eigenvalue weighted by molar-refractivity contribution is 6.00. The second kappa shape index (κ2) is 6.11. The van der Waals surface area contributed by atoms with Crippen LogP contribution in [-0.4, -0.2) is 10.6 Å². The Bertz CT molecular complexity index is 943. The molecule has 0 bridgehead atoms. The van der Waals surface area contributed by atoms with Crippen LogP contribution in [-0.2, 0) is 0 Å². The van der Waals surface area contributed by atoms with Gasteiger partial charge in [-0.1, -0.05) is 45.9 Å². The molecule has 0 amide bonds. The molecule has 3 aromatic rings. The molecular formula is C20H21NO3. The highest BCUT2D eigenvalue weighted by atomic mass is 16.5. The summed E-state index contributed by atoms with van der Waals surface area (Å²) < 4.78 is 6.31. The fraction of sp³-hybridized carbons (Fsp3) is 0.300. The Kier molecular flexibility index (Phi) is 4.14. The van der Waals surface area contributed by atoms with E-state index >= 15 is 0 Å². The summed E-state index contributed by atoms with van der Waals surface area (Å²) in [4.78, 5) is 24.8. The number of fused-ring (bicyclic) bond motifs is 1. The zero-order chi connectivity index (χ0) is 17.4. The van der Waals surface area contributed by atoms with Gasteiger partial charge in [0.25, 0.3) is 5.91 Å². The topological polar surface area (TPSA) is 52.2 Å². The third-order valence-electron chi connectivity index (χ3n) is 4.31. The Morgan fingerprint density at radius 1 is 0.917 bits per heavy atom. The van der Waals surface area contributed by atoms with E-state index in [1.807, 2.05) is 24.3 Å². The lowest BCUT2D eigenvalue weighted by atomic mass is 10.0. The normalized spacial score (nSPS) is 11.6. The molecule has 1 heterocycles. The van der Waals surface area contributed by atoms with Crippen LogP contribution in [0.5, 0.6) is 0 Å². The first-order valence-electron chi connectivity index (χ1n) is 8.19. The van der Waals surface area contributed by atoms with Crippen molar-refractivity contribution in [3.8, 4) is 0 Å². The van der Waals surface area contributed by atoms with E-state index in [0.717, 1.165) is 15.9 Å². The molecule has 0 saturated heterocycles. The first kappa shape index (κ1) is 16.2. The molecule has 0 atom stereocenters. The van der Waals surface area contributed by atoms with Crippen molar-refractivity contribution in [2.75, 3.05) is 0 Å². The second-order valence-electron chi connectivity index (χ2n) is 6.69. The molecule has 0 aliphatic carbocycles.